The van der Waals surface area contributed by atoms with Crippen molar-refractivity contribution in [1.29, 1.82) is 0 Å². The maximum atomic E-state index is 12.7. The van der Waals surface area contributed by atoms with Gasteiger partial charge in [0.1, 0.15) is 0 Å². The largest absolute Gasteiger partial charge is 0.322 e. The second kappa shape index (κ2) is 8.18. The van der Waals surface area contributed by atoms with Crippen LogP contribution in [0.3, 0.4) is 0 Å². The van der Waals surface area contributed by atoms with E-state index in [1.165, 1.54) is 16.4 Å². The molecule has 1 amide bonds. The third-order valence-corrected chi connectivity index (χ3v) is 6.78. The molecule has 2 aromatic carbocycles. The summed E-state index contributed by atoms with van der Waals surface area (Å²) in [6, 6.07) is 15.6. The molecule has 8 heteroatoms. The van der Waals surface area contributed by atoms with Crippen LogP contribution in [0.1, 0.15) is 28.8 Å². The highest BCUT2D eigenvalue weighted by molar-refractivity contribution is 7.89. The van der Waals surface area contributed by atoms with Crippen LogP contribution < -0.4 is 5.32 Å². The zero-order chi connectivity index (χ0) is 20.3. The Morgan fingerprint density at radius 1 is 1.03 bits per heavy atom. The Hall–Kier alpha value is -2.97. The van der Waals surface area contributed by atoms with Crippen molar-refractivity contribution in [2.75, 3.05) is 18.4 Å². The van der Waals surface area contributed by atoms with E-state index < -0.39 is 10.0 Å². The zero-order valence-corrected chi connectivity index (χ0v) is 16.7. The second-order valence-corrected chi connectivity index (χ2v) is 8.94. The van der Waals surface area contributed by atoms with Crippen LogP contribution in [0.5, 0.6) is 0 Å². The maximum absolute atomic E-state index is 12.7. The standard InChI is InChI=1S/C21H22N4O3S/c26-21(23-19-8-3-6-17(14-19)16-24-11-5-10-22-24)18-7-4-9-20(15-18)29(27,28)25-12-1-2-13-25/h3-11,14-15H,1-2,12-13,16H2,(H,23,26). The van der Waals surface area contributed by atoms with E-state index in [9.17, 15) is 13.2 Å². The average Bonchev–Trinajstić information content (AvgIpc) is 3.43. The van der Waals surface area contributed by atoms with Gasteiger partial charge in [-0.15, -0.1) is 0 Å². The third-order valence-electron chi connectivity index (χ3n) is 4.89. The molecule has 0 aliphatic carbocycles. The molecule has 0 radical (unpaired) electrons. The number of carbonyl (C=O) groups is 1. The molecule has 29 heavy (non-hydrogen) atoms. The van der Waals surface area contributed by atoms with Gasteiger partial charge in [0, 0.05) is 36.7 Å². The second-order valence-electron chi connectivity index (χ2n) is 7.00. The van der Waals surface area contributed by atoms with E-state index >= 15 is 0 Å². The van der Waals surface area contributed by atoms with Crippen molar-refractivity contribution in [3.05, 3.63) is 78.1 Å². The van der Waals surface area contributed by atoms with E-state index in [2.05, 4.69) is 10.4 Å². The molecule has 0 spiro atoms. The van der Waals surface area contributed by atoms with Gasteiger partial charge in [-0.25, -0.2) is 8.42 Å². The Morgan fingerprint density at radius 2 is 1.83 bits per heavy atom. The van der Waals surface area contributed by atoms with E-state index in [1.54, 1.807) is 29.1 Å². The van der Waals surface area contributed by atoms with Gasteiger partial charge in [0.15, 0.2) is 0 Å². The Balaban J connectivity index is 1.50. The molecular weight excluding hydrogens is 388 g/mol. The summed E-state index contributed by atoms with van der Waals surface area (Å²) in [7, 11) is -3.56. The molecule has 1 N–H and O–H groups in total. The predicted molar refractivity (Wildman–Crippen MR) is 110 cm³/mol. The molecule has 1 aromatic heterocycles. The zero-order valence-electron chi connectivity index (χ0n) is 15.9. The lowest BCUT2D eigenvalue weighted by atomic mass is 10.1. The molecular formula is C21H22N4O3S. The van der Waals surface area contributed by atoms with Gasteiger partial charge in [0.05, 0.1) is 11.4 Å². The van der Waals surface area contributed by atoms with Crippen LogP contribution in [0, 0.1) is 0 Å². The lowest BCUT2D eigenvalue weighted by Gasteiger charge is -2.16. The van der Waals surface area contributed by atoms with Crippen LogP contribution in [-0.4, -0.2) is 41.5 Å². The minimum Gasteiger partial charge on any atom is -0.322 e. The van der Waals surface area contributed by atoms with Crippen LogP contribution in [0.2, 0.25) is 0 Å². The van der Waals surface area contributed by atoms with Crippen LogP contribution >= 0.6 is 0 Å². The number of aromatic nitrogens is 2. The molecule has 150 valence electrons. The lowest BCUT2D eigenvalue weighted by molar-refractivity contribution is 0.102. The van der Waals surface area contributed by atoms with Crippen LogP contribution in [0.4, 0.5) is 5.69 Å². The first kappa shape index (κ1) is 19.4. The Morgan fingerprint density at radius 3 is 2.59 bits per heavy atom. The summed E-state index contributed by atoms with van der Waals surface area (Å²) in [6.07, 6.45) is 5.33. The van der Waals surface area contributed by atoms with Crippen LogP contribution in [0.15, 0.2) is 71.9 Å². The van der Waals surface area contributed by atoms with Gasteiger partial charge in [-0.2, -0.15) is 9.40 Å². The Labute approximate surface area is 170 Å². The van der Waals surface area contributed by atoms with Gasteiger partial charge >= 0.3 is 0 Å². The number of benzene rings is 2. The smallest absolute Gasteiger partial charge is 0.255 e. The summed E-state index contributed by atoms with van der Waals surface area (Å²) in [5.41, 5.74) is 1.95. The number of anilines is 1. The first-order chi connectivity index (χ1) is 14.0. The highest BCUT2D eigenvalue weighted by Gasteiger charge is 2.27. The van der Waals surface area contributed by atoms with Crippen LogP contribution in [0.25, 0.3) is 0 Å². The van der Waals surface area contributed by atoms with Crippen molar-refractivity contribution in [2.45, 2.75) is 24.3 Å². The van der Waals surface area contributed by atoms with E-state index in [-0.39, 0.29) is 10.8 Å². The molecule has 3 aromatic rings. The maximum Gasteiger partial charge on any atom is 0.255 e. The van der Waals surface area contributed by atoms with Gasteiger partial charge in [0.25, 0.3) is 5.91 Å². The normalized spacial score (nSPS) is 14.8. The van der Waals surface area contributed by atoms with Crippen molar-refractivity contribution in [2.24, 2.45) is 0 Å². The summed E-state index contributed by atoms with van der Waals surface area (Å²) in [5.74, 6) is -0.347. The number of carbonyl (C=O) groups excluding carboxylic acids is 1. The number of rotatable bonds is 6. The molecule has 2 heterocycles. The first-order valence-corrected chi connectivity index (χ1v) is 10.9. The molecule has 4 rings (SSSR count). The molecule has 1 fully saturated rings. The molecule has 0 bridgehead atoms. The number of nitrogens with one attached hydrogen (secondary N) is 1. The third kappa shape index (κ3) is 4.38. The van der Waals surface area contributed by atoms with Crippen LogP contribution in [-0.2, 0) is 16.6 Å². The highest BCUT2D eigenvalue weighted by atomic mass is 32.2. The fraction of sp³-hybridized carbons (Fsp3) is 0.238. The predicted octanol–water partition coefficient (Wildman–Crippen LogP) is 2.97. The minimum absolute atomic E-state index is 0.152. The van der Waals surface area contributed by atoms with E-state index in [1.807, 2.05) is 30.5 Å². The minimum atomic E-state index is -3.56. The first-order valence-electron chi connectivity index (χ1n) is 9.50. The monoisotopic (exact) mass is 410 g/mol. The van der Waals surface area contributed by atoms with Crippen molar-refractivity contribution in [3.63, 3.8) is 0 Å². The summed E-state index contributed by atoms with van der Waals surface area (Å²) < 4.78 is 28.8. The summed E-state index contributed by atoms with van der Waals surface area (Å²) in [4.78, 5) is 12.9. The molecule has 1 aliphatic rings. The van der Waals surface area contributed by atoms with Gasteiger partial charge in [-0.3, -0.25) is 9.48 Å². The number of hydrogen-bond acceptors (Lipinski definition) is 4. The van der Waals surface area contributed by atoms with E-state index in [4.69, 9.17) is 0 Å². The summed E-state index contributed by atoms with van der Waals surface area (Å²) in [6.45, 7) is 1.66. The molecule has 0 unspecified atom stereocenters. The van der Waals surface area contributed by atoms with Gasteiger partial charge in [0.2, 0.25) is 10.0 Å². The Kier molecular flexibility index (Phi) is 5.46. The molecule has 1 aliphatic heterocycles. The number of hydrogen-bond donors (Lipinski definition) is 1. The highest BCUT2D eigenvalue weighted by Crippen LogP contribution is 2.22. The van der Waals surface area contributed by atoms with Gasteiger partial charge in [-0.1, -0.05) is 18.2 Å². The summed E-state index contributed by atoms with van der Waals surface area (Å²) >= 11 is 0. The average molecular weight is 410 g/mol. The number of amides is 1. The molecule has 0 saturated carbocycles. The molecule has 7 nitrogen and oxygen atoms in total. The Bertz CT molecular complexity index is 1100. The lowest BCUT2D eigenvalue weighted by Crippen LogP contribution is -2.28. The quantitative estimate of drug-likeness (QED) is 0.677. The van der Waals surface area contributed by atoms with E-state index in [0.29, 0.717) is 30.9 Å². The topological polar surface area (TPSA) is 84.3 Å². The van der Waals surface area contributed by atoms with E-state index in [0.717, 1.165) is 18.4 Å². The van der Waals surface area contributed by atoms with Crippen molar-refractivity contribution >= 4 is 21.6 Å². The molecule has 0 atom stereocenters. The molecule has 1 saturated heterocycles. The number of nitrogens with zero attached hydrogens (tertiary/aromatic N) is 3. The fourth-order valence-electron chi connectivity index (χ4n) is 3.41. The SMILES string of the molecule is O=C(Nc1cccc(Cn2cccn2)c1)c1cccc(S(=O)(=O)N2CCCC2)c1. The van der Waals surface area contributed by atoms with Gasteiger partial charge in [-0.05, 0) is 54.8 Å². The number of sulfonamides is 1. The van der Waals surface area contributed by atoms with Crippen molar-refractivity contribution in [1.82, 2.24) is 14.1 Å². The van der Waals surface area contributed by atoms with Crippen molar-refractivity contribution in [3.8, 4) is 0 Å². The summed E-state index contributed by atoms with van der Waals surface area (Å²) in [5, 5.41) is 7.03. The fourth-order valence-corrected chi connectivity index (χ4v) is 4.97. The van der Waals surface area contributed by atoms with Gasteiger partial charge < -0.3 is 5.32 Å². The van der Waals surface area contributed by atoms with Crippen molar-refractivity contribution < 1.29 is 13.2 Å².